The first-order chi connectivity index (χ1) is 17.9. The molecule has 0 aromatic rings. The van der Waals surface area contributed by atoms with Gasteiger partial charge in [-0.2, -0.15) is 26.2 Å². The smallest absolute Gasteiger partial charge is 0.415 e. The quantitative estimate of drug-likeness (QED) is 0.0817. The number of halogens is 4. The summed E-state index contributed by atoms with van der Waals surface area (Å²) in [6, 6.07) is 0. The van der Waals surface area contributed by atoms with Crippen LogP contribution in [0.5, 0.6) is 0 Å². The van der Waals surface area contributed by atoms with Crippen molar-refractivity contribution in [2.75, 3.05) is 6.61 Å². The lowest BCUT2D eigenvalue weighted by Gasteiger charge is -2.26. The van der Waals surface area contributed by atoms with E-state index in [0.29, 0.717) is 25.7 Å². The van der Waals surface area contributed by atoms with Crippen molar-refractivity contribution < 1.29 is 84.9 Å². The zero-order chi connectivity index (χ0) is 28.1. The van der Waals surface area contributed by atoms with Gasteiger partial charge in [0.15, 0.2) is 6.10 Å². The van der Waals surface area contributed by atoms with E-state index >= 15 is 0 Å². The number of alkyl halides is 4. The molecule has 0 N–H and O–H groups in total. The third-order valence-electron chi connectivity index (χ3n) is 6.08. The predicted molar refractivity (Wildman–Crippen MR) is 104 cm³/mol. The summed E-state index contributed by atoms with van der Waals surface area (Å²) in [4.78, 5) is 45.2. The second-order valence-corrected chi connectivity index (χ2v) is 9.93. The number of hydrogen-bond acceptors (Lipinski definition) is 16. The first kappa shape index (κ1) is 30.6. The van der Waals surface area contributed by atoms with E-state index in [1.54, 1.807) is 0 Å². The van der Waals surface area contributed by atoms with E-state index in [9.17, 15) is 47.3 Å². The molecule has 14 nitrogen and oxygen atoms in total. The van der Waals surface area contributed by atoms with Crippen LogP contribution in [0.25, 0.3) is 0 Å². The highest BCUT2D eigenvalue weighted by molar-refractivity contribution is 7.96. The second-order valence-electron chi connectivity index (χ2n) is 8.30. The monoisotopic (exact) mass is 598 g/mol. The van der Waals surface area contributed by atoms with Gasteiger partial charge < -0.3 is 29.5 Å². The molecule has 2 heterocycles. The molecule has 20 heteroatoms. The topological polar surface area (TPSA) is 188 Å². The van der Waals surface area contributed by atoms with Gasteiger partial charge in [-0.05, 0) is 32.1 Å². The summed E-state index contributed by atoms with van der Waals surface area (Å²) in [6.45, 7) is 0.158. The average molecular weight is 598 g/mol. The Morgan fingerprint density at radius 1 is 0.895 bits per heavy atom. The highest BCUT2D eigenvalue weighted by Gasteiger charge is 2.64. The van der Waals surface area contributed by atoms with Gasteiger partial charge in [0.1, 0.15) is 36.3 Å². The van der Waals surface area contributed by atoms with Crippen molar-refractivity contribution in [2.45, 2.75) is 60.9 Å². The molecule has 2 aliphatic carbocycles. The van der Waals surface area contributed by atoms with Crippen molar-refractivity contribution >= 4 is 48.0 Å². The summed E-state index contributed by atoms with van der Waals surface area (Å²) in [5.74, 6) is -5.50. The number of cyclic esters (lactones) is 1. The number of esters is 4. The van der Waals surface area contributed by atoms with Crippen LogP contribution in [0.3, 0.4) is 0 Å². The van der Waals surface area contributed by atoms with Crippen LogP contribution in [0, 0.1) is 17.8 Å². The molecule has 0 spiro atoms. The van der Waals surface area contributed by atoms with Crippen LogP contribution in [-0.4, -0.2) is 59.3 Å². The van der Waals surface area contributed by atoms with Gasteiger partial charge in [0.05, 0.1) is 12.5 Å². The van der Waals surface area contributed by atoms with Crippen LogP contribution in [0.4, 0.5) is 17.6 Å². The summed E-state index contributed by atoms with van der Waals surface area (Å²) < 4.78 is 78.1. The van der Waals surface area contributed by atoms with E-state index in [0.717, 1.165) is 0 Å². The molecule has 0 aromatic heterocycles. The summed E-state index contributed by atoms with van der Waals surface area (Å²) in [7, 11) is 0. The fraction of sp³-hybridized carbons (Fsp3) is 0.778. The van der Waals surface area contributed by atoms with E-state index < -0.39 is 70.8 Å². The molecule has 6 atom stereocenters. The standard InChI is InChI=1S/C10H10F2O7S.C8H10F2O7S/c11-10(12,20-19-18-15)9(14)17-6-3-1-4-5(2-3)8(13)16-7(4)6;9-8(10,18-17-16-13)7(12)15-5-3-1-2-4-14-6(5)11/h3-7,15H,1-2H2;5,13H,1-4H2/p-2. The molecule has 38 heavy (non-hydrogen) atoms. The molecule has 2 saturated heterocycles. The van der Waals surface area contributed by atoms with Crippen LogP contribution >= 0.6 is 24.1 Å². The molecule has 0 radical (unpaired) electrons. The fourth-order valence-electron chi connectivity index (χ4n) is 4.56. The fourth-order valence-corrected chi connectivity index (χ4v) is 5.02. The van der Waals surface area contributed by atoms with E-state index in [-0.39, 0.29) is 36.8 Å². The molecule has 6 unspecified atom stereocenters. The number of ether oxygens (including phenoxy) is 4. The van der Waals surface area contributed by atoms with E-state index in [2.05, 4.69) is 28.2 Å². The van der Waals surface area contributed by atoms with Gasteiger partial charge in [-0.25, -0.2) is 14.4 Å². The third-order valence-corrected chi connectivity index (χ3v) is 7.08. The SMILES string of the molecule is O=C1OC2C3CC(CC13)C2OC(=O)C(F)(F)SOO[O-].O=C1OCCCCC1OC(=O)C(F)(F)SOO[O-]. The normalized spacial score (nSPS) is 30.1. The van der Waals surface area contributed by atoms with Crippen molar-refractivity contribution in [1.29, 1.82) is 0 Å². The van der Waals surface area contributed by atoms with Crippen LogP contribution in [0.1, 0.15) is 32.1 Å². The lowest BCUT2D eigenvalue weighted by atomic mass is 9.88. The number of fused-ring (bicyclic) bond motifs is 1. The zero-order valence-corrected chi connectivity index (χ0v) is 20.4. The first-order valence-electron chi connectivity index (χ1n) is 10.7. The maximum atomic E-state index is 13.3. The van der Waals surface area contributed by atoms with Crippen molar-refractivity contribution in [3.63, 3.8) is 0 Å². The van der Waals surface area contributed by atoms with E-state index in [4.69, 9.17) is 9.47 Å². The Labute approximate surface area is 218 Å². The van der Waals surface area contributed by atoms with Gasteiger partial charge in [0.2, 0.25) is 0 Å². The third kappa shape index (κ3) is 7.17. The molecular weight excluding hydrogens is 580 g/mol. The van der Waals surface area contributed by atoms with E-state index in [1.165, 1.54) is 0 Å². The highest BCUT2D eigenvalue weighted by atomic mass is 32.2. The van der Waals surface area contributed by atoms with Gasteiger partial charge in [-0.15, -0.1) is 0 Å². The Morgan fingerprint density at radius 3 is 2.11 bits per heavy atom. The summed E-state index contributed by atoms with van der Waals surface area (Å²) in [6.07, 6.45) is -0.609. The lowest BCUT2D eigenvalue weighted by Crippen LogP contribution is -2.40. The van der Waals surface area contributed by atoms with Crippen molar-refractivity contribution in [2.24, 2.45) is 17.8 Å². The number of carbonyl (C=O) groups excluding carboxylic acids is 4. The molecule has 2 bridgehead atoms. The van der Waals surface area contributed by atoms with Gasteiger partial charge >= 0.3 is 34.4 Å². The molecular formula is C18H18F4O14S2-2. The molecule has 4 rings (SSSR count). The molecule has 2 saturated carbocycles. The van der Waals surface area contributed by atoms with Gasteiger partial charge in [-0.3, -0.25) is 14.9 Å². The molecule has 2 aliphatic heterocycles. The maximum Gasteiger partial charge on any atom is 0.415 e. The van der Waals surface area contributed by atoms with Crippen molar-refractivity contribution in [3.05, 3.63) is 0 Å². The molecule has 4 aliphatic rings. The van der Waals surface area contributed by atoms with Crippen molar-refractivity contribution in [1.82, 2.24) is 0 Å². The predicted octanol–water partition coefficient (Wildman–Crippen LogP) is 0.0339. The minimum atomic E-state index is -4.16. The van der Waals surface area contributed by atoms with Crippen LogP contribution in [0.2, 0.25) is 0 Å². The Bertz CT molecular complexity index is 895. The molecule has 0 amide bonds. The van der Waals surface area contributed by atoms with E-state index in [1.807, 2.05) is 0 Å². The zero-order valence-electron chi connectivity index (χ0n) is 18.8. The number of hydrogen-bond donors (Lipinski definition) is 0. The maximum absolute atomic E-state index is 13.3. The summed E-state index contributed by atoms with van der Waals surface area (Å²) in [5, 5.41) is 16.1. The van der Waals surface area contributed by atoms with Crippen molar-refractivity contribution in [3.8, 4) is 0 Å². The molecule has 0 aromatic carbocycles. The Hall–Kier alpha value is -1.94. The van der Waals surface area contributed by atoms with Gasteiger partial charge in [0.25, 0.3) is 0 Å². The average Bonchev–Trinajstić information content (AvgIpc) is 3.45. The Kier molecular flexibility index (Phi) is 10.4. The summed E-state index contributed by atoms with van der Waals surface area (Å²) >= 11 is -1.55. The summed E-state index contributed by atoms with van der Waals surface area (Å²) in [5.41, 5.74) is 0. The van der Waals surface area contributed by atoms with Crippen LogP contribution < -0.4 is 10.5 Å². The molecule has 4 fully saturated rings. The Balaban J connectivity index is 0.000000212. The van der Waals surface area contributed by atoms with Crippen LogP contribution in [0.15, 0.2) is 0 Å². The van der Waals surface area contributed by atoms with Crippen LogP contribution in [-0.2, 0) is 56.9 Å². The van der Waals surface area contributed by atoms with Gasteiger partial charge in [-0.1, -0.05) is 0 Å². The first-order valence-corrected chi connectivity index (χ1v) is 12.2. The minimum Gasteiger partial charge on any atom is -0.691 e. The number of rotatable bonds is 10. The van der Waals surface area contributed by atoms with Gasteiger partial charge in [0, 0.05) is 11.8 Å². The second kappa shape index (κ2) is 12.9. The largest absolute Gasteiger partial charge is 0.691 e. The highest BCUT2D eigenvalue weighted by Crippen LogP contribution is 2.55. The molecule has 216 valence electrons. The minimum absolute atomic E-state index is 0.0622. The number of carbonyl (C=O) groups is 4. The lowest BCUT2D eigenvalue weighted by molar-refractivity contribution is -0.777. The Morgan fingerprint density at radius 2 is 1.50 bits per heavy atom.